The Hall–Kier alpha value is -4.00. The number of amides is 1. The number of hydroxylamine groups is 1. The summed E-state index contributed by atoms with van der Waals surface area (Å²) < 4.78 is 42.4. The Morgan fingerprint density at radius 3 is 2.12 bits per heavy atom. The van der Waals surface area contributed by atoms with Crippen LogP contribution in [0.1, 0.15) is 113 Å². The van der Waals surface area contributed by atoms with E-state index in [9.17, 15) is 27.9 Å². The van der Waals surface area contributed by atoms with Gasteiger partial charge in [-0.1, -0.05) is 112 Å². The number of thiol groups is 2. The molecule has 1 amide bonds. The monoisotopic (exact) mass is 1330 g/mol. The maximum atomic E-state index is 14.1. The van der Waals surface area contributed by atoms with Crippen LogP contribution in [0.25, 0.3) is 5.57 Å². The van der Waals surface area contributed by atoms with Gasteiger partial charge in [-0.25, -0.2) is 4.94 Å². The zero-order valence-electron chi connectivity index (χ0n) is 53.7. The van der Waals surface area contributed by atoms with Crippen LogP contribution in [0.2, 0.25) is 5.02 Å². The lowest BCUT2D eigenvalue weighted by atomic mass is 9.80. The Labute approximate surface area is 556 Å². The molecule has 0 spiro atoms. The topological polar surface area (TPSA) is 151 Å². The molecule has 4 aliphatic rings. The summed E-state index contributed by atoms with van der Waals surface area (Å²) in [4.78, 5) is 40.4. The first-order chi connectivity index (χ1) is 43.1. The first-order valence-electron chi connectivity index (χ1n) is 31.3. The molecule has 0 radical (unpaired) electrons. The van der Waals surface area contributed by atoms with Crippen LogP contribution in [0.3, 0.4) is 0 Å². The van der Waals surface area contributed by atoms with Gasteiger partial charge in [-0.15, -0.1) is 18.3 Å². The molecular formula is C68H103ClF3N9O4S4. The smallest absolute Gasteiger partial charge is 0.395 e. The van der Waals surface area contributed by atoms with E-state index in [0.717, 1.165) is 120 Å². The predicted octanol–water partition coefficient (Wildman–Crippen LogP) is 13.8. The van der Waals surface area contributed by atoms with Crippen LogP contribution >= 0.6 is 60.4 Å². The van der Waals surface area contributed by atoms with Crippen molar-refractivity contribution in [3.63, 3.8) is 0 Å². The summed E-state index contributed by atoms with van der Waals surface area (Å²) in [5.41, 5.74) is 3.77. The van der Waals surface area contributed by atoms with Crippen LogP contribution in [-0.4, -0.2) is 166 Å². The number of alkyl halides is 3. The van der Waals surface area contributed by atoms with Crippen LogP contribution < -0.4 is 32.2 Å². The zero-order valence-corrected chi connectivity index (χ0v) is 57.9. The molecular weight excluding hydrogens is 1230 g/mol. The first-order valence-corrected chi connectivity index (χ1v) is 35.2. The third-order valence-corrected chi connectivity index (χ3v) is 17.2. The predicted molar refractivity (Wildman–Crippen MR) is 379 cm³/mol. The second-order valence-corrected chi connectivity index (χ2v) is 24.6. The summed E-state index contributed by atoms with van der Waals surface area (Å²) in [5.74, 6) is 5.22. The minimum atomic E-state index is -4.55. The van der Waals surface area contributed by atoms with Gasteiger partial charge in [0.2, 0.25) is 5.91 Å². The van der Waals surface area contributed by atoms with Gasteiger partial charge in [0.25, 0.3) is 0 Å². The molecule has 2 aliphatic carbocycles. The Bertz CT molecular complexity index is 2630. The molecule has 89 heavy (non-hydrogen) atoms. The third kappa shape index (κ3) is 31.5. The standard InChI is InChI=1S/C59H75ClF3N7O3S2.C3H6.C3H8.CH6N2O.2CH4S/c1-4-6-29-67(5-2)31-28-51(42-74-53-12-8-7-9-13-53)66-55-26-19-46(37-56(55)75-59(61,62)63)58(73)45-17-23-52(24-18-45)70-34-32-68(33-35-70)39-47-36-43(14-25-54(47)44-15-20-48(60)21-16-44)38-69-30-10-11-49(40-69)65-50(41-71)22-27-57(72)64-3;1-2-3-1;1-3-2;1-3-4-2;2*1-2/h4,7-13,15-21,23-24,26,37,43,49-51,65-66,71H,1,5-6,14,22,25,27-36,38-42H2,2-3H3,(H,64,72);1-3H2;3H2,1-2H3;3H,2H2,1H3;2*2H,1H3. The molecule has 7 N–H and O–H groups in total. The highest BCUT2D eigenvalue weighted by Crippen LogP contribution is 2.42. The zero-order chi connectivity index (χ0) is 65.4. The summed E-state index contributed by atoms with van der Waals surface area (Å²) in [6.45, 7) is 19.7. The average Bonchev–Trinajstić information content (AvgIpc) is 2.31. The van der Waals surface area contributed by atoms with E-state index in [1.54, 1.807) is 62.6 Å². The van der Waals surface area contributed by atoms with Crippen LogP contribution in [0.4, 0.5) is 24.5 Å². The van der Waals surface area contributed by atoms with E-state index in [2.05, 4.69) is 129 Å². The number of halogens is 4. The second kappa shape index (κ2) is 46.1. The quantitative estimate of drug-likeness (QED) is 0.00896. The number of nitrogens with two attached hydrogens (primary N) is 1. The van der Waals surface area contributed by atoms with Crippen molar-refractivity contribution in [1.82, 2.24) is 30.8 Å². The van der Waals surface area contributed by atoms with E-state index < -0.39 is 5.51 Å². The van der Waals surface area contributed by atoms with E-state index in [4.69, 9.17) is 11.6 Å². The molecule has 4 atom stereocenters. The largest absolute Gasteiger partial charge is 0.446 e. The van der Waals surface area contributed by atoms with Crippen LogP contribution in [-0.2, 0) is 9.73 Å². The minimum absolute atomic E-state index is 0.0196. The normalized spacial score (nSPS) is 17.1. The van der Waals surface area contributed by atoms with Gasteiger partial charge in [-0.05, 0) is 153 Å². The Balaban J connectivity index is 0.00000134. The number of thioether (sulfide) groups is 2. The van der Waals surface area contributed by atoms with Crippen molar-refractivity contribution < 1.29 is 32.8 Å². The van der Waals surface area contributed by atoms with Crippen molar-refractivity contribution >= 4 is 89.0 Å². The molecule has 13 nitrogen and oxygen atoms in total. The number of allylic oxidation sites excluding steroid dienone is 1. The number of carbonyl (C=O) groups is 2. The lowest BCUT2D eigenvalue weighted by molar-refractivity contribution is -0.120. The van der Waals surface area contributed by atoms with E-state index in [-0.39, 0.29) is 58.6 Å². The van der Waals surface area contributed by atoms with Gasteiger partial charge in [0, 0.05) is 147 Å². The lowest BCUT2D eigenvalue weighted by Crippen LogP contribution is -2.49. The lowest BCUT2D eigenvalue weighted by Gasteiger charge is -2.39. The van der Waals surface area contributed by atoms with Crippen molar-refractivity contribution in [3.05, 3.63) is 149 Å². The number of nitrogens with zero attached hydrogens (tertiary/aromatic N) is 4. The number of aliphatic hydroxyl groups excluding tert-OH is 1. The molecule has 0 aromatic heterocycles. The summed E-state index contributed by atoms with van der Waals surface area (Å²) in [6.07, 6.45) is 21.1. The maximum Gasteiger partial charge on any atom is 0.446 e. The molecule has 0 bridgehead atoms. The van der Waals surface area contributed by atoms with Gasteiger partial charge in [0.15, 0.2) is 5.78 Å². The maximum absolute atomic E-state index is 14.1. The van der Waals surface area contributed by atoms with Crippen molar-refractivity contribution in [2.24, 2.45) is 11.8 Å². The Kier molecular flexibility index (Phi) is 41.1. The molecule has 4 aromatic carbocycles. The average molecular weight is 1330 g/mol. The summed E-state index contributed by atoms with van der Waals surface area (Å²) in [7, 11) is 3.22. The fraction of sp³-hybridized carbons (Fsp3) is 0.529. The highest BCUT2D eigenvalue weighted by Gasteiger charge is 2.32. The molecule has 1 saturated carbocycles. The van der Waals surface area contributed by atoms with Crippen molar-refractivity contribution in [2.75, 3.05) is 121 Å². The van der Waals surface area contributed by atoms with E-state index in [1.807, 2.05) is 60.7 Å². The van der Waals surface area contributed by atoms with Crippen molar-refractivity contribution in [1.29, 1.82) is 0 Å². The number of benzene rings is 4. The number of aliphatic hydroxyl groups is 1. The van der Waals surface area contributed by atoms with Gasteiger partial charge in [-0.3, -0.25) is 19.4 Å². The molecule has 2 fully saturated rings. The molecule has 21 heteroatoms. The molecule has 2 heterocycles. The molecule has 4 unspecified atom stereocenters. The number of hydrogen-bond acceptors (Lipinski definition) is 16. The van der Waals surface area contributed by atoms with Gasteiger partial charge < -0.3 is 30.9 Å². The molecule has 496 valence electrons. The fourth-order valence-corrected chi connectivity index (χ4v) is 12.2. The summed E-state index contributed by atoms with van der Waals surface area (Å²) >= 11 is 14.9. The second-order valence-electron chi connectivity index (χ2n) is 22.0. The number of rotatable bonds is 28. The first kappa shape index (κ1) is 79.2. The molecule has 2 aliphatic heterocycles. The number of carbonyl (C=O) groups excluding carboxylic acids is 2. The number of hydrogen-bond donors (Lipinski definition) is 8. The summed E-state index contributed by atoms with van der Waals surface area (Å²) in [5, 5.41) is 20.4. The van der Waals surface area contributed by atoms with Crippen LogP contribution in [0, 0.1) is 5.92 Å². The fourth-order valence-electron chi connectivity index (χ4n) is 10.4. The van der Waals surface area contributed by atoms with Crippen LogP contribution in [0.5, 0.6) is 0 Å². The van der Waals surface area contributed by atoms with E-state index in [1.165, 1.54) is 48.5 Å². The third-order valence-electron chi connectivity index (χ3n) is 15.0. The highest BCUT2D eigenvalue weighted by molar-refractivity contribution is 8.00. The van der Waals surface area contributed by atoms with Gasteiger partial charge in [-0.2, -0.15) is 49.8 Å². The SMILES string of the molecule is C1CC1.C=CCCN(CC)CCC(CSc1ccccc1)Nc1ccc(C(=O)c2ccc(N3CCN(CC4=C(c5ccc(Cl)cc5)CCC(CN5CC=CC(NC(CO)CCC(=O)NC)C5)C4)CC3)cc2)cc1SC(F)(F)F.CCC.CNON.CS.CS. The van der Waals surface area contributed by atoms with Crippen LogP contribution in [0.15, 0.2) is 137 Å². The molecule has 1 saturated heterocycles. The van der Waals surface area contributed by atoms with Gasteiger partial charge in [0.1, 0.15) is 0 Å². The van der Waals surface area contributed by atoms with E-state index in [0.29, 0.717) is 35.8 Å². The number of ketones is 1. The number of piperazine rings is 1. The van der Waals surface area contributed by atoms with E-state index >= 15 is 0 Å². The van der Waals surface area contributed by atoms with Gasteiger partial charge in [0.05, 0.1) is 6.61 Å². The Morgan fingerprint density at radius 2 is 1.54 bits per heavy atom. The molecule has 8 rings (SSSR count). The highest BCUT2D eigenvalue weighted by atomic mass is 35.5. The minimum Gasteiger partial charge on any atom is -0.395 e. The number of anilines is 2. The number of nitrogens with one attached hydrogen (secondary N) is 4. The van der Waals surface area contributed by atoms with Gasteiger partial charge >= 0.3 is 5.51 Å². The van der Waals surface area contributed by atoms with Crippen molar-refractivity contribution in [2.45, 2.75) is 125 Å². The van der Waals surface area contributed by atoms with Crippen molar-refractivity contribution in [3.8, 4) is 0 Å². The summed E-state index contributed by atoms with van der Waals surface area (Å²) in [6, 6.07) is 30.2. The Morgan fingerprint density at radius 1 is 0.888 bits per heavy atom. The molecule has 4 aromatic rings.